The molecule has 1 aliphatic heterocycles. The summed E-state index contributed by atoms with van der Waals surface area (Å²) in [5.41, 5.74) is 2.12. The Morgan fingerprint density at radius 1 is 1.30 bits per heavy atom. The molecular weight excluding hydrogens is 337 g/mol. The van der Waals surface area contributed by atoms with E-state index < -0.39 is 6.10 Å². The first-order valence-electron chi connectivity index (χ1n) is 7.26. The van der Waals surface area contributed by atoms with Gasteiger partial charge in [-0.15, -0.1) is 24.8 Å². The van der Waals surface area contributed by atoms with Crippen LogP contribution in [0, 0.1) is 0 Å². The van der Waals surface area contributed by atoms with Crippen molar-refractivity contribution in [2.45, 2.75) is 25.0 Å². The van der Waals surface area contributed by atoms with Crippen molar-refractivity contribution < 1.29 is 9.90 Å². The highest BCUT2D eigenvalue weighted by atomic mass is 35.5. The van der Waals surface area contributed by atoms with Gasteiger partial charge in [0.1, 0.15) is 0 Å². The number of para-hydroxylation sites is 1. The molecule has 2 aromatic rings. The predicted octanol–water partition coefficient (Wildman–Crippen LogP) is 1.46. The number of β-amino-alcohol motifs (C(OH)–C–C–N with tert-alkyl or cyclic N) is 1. The van der Waals surface area contributed by atoms with E-state index in [1.807, 2.05) is 30.3 Å². The van der Waals surface area contributed by atoms with Gasteiger partial charge in [-0.1, -0.05) is 24.3 Å². The van der Waals surface area contributed by atoms with E-state index in [-0.39, 0.29) is 36.8 Å². The van der Waals surface area contributed by atoms with Gasteiger partial charge >= 0.3 is 0 Å². The number of pyridine rings is 1. The minimum Gasteiger partial charge on any atom is -0.392 e. The summed E-state index contributed by atoms with van der Waals surface area (Å²) in [5, 5.41) is 16.5. The number of carbonyl (C=O) groups is 1. The summed E-state index contributed by atoms with van der Waals surface area (Å²) in [4.78, 5) is 16.4. The molecule has 0 bridgehead atoms. The van der Waals surface area contributed by atoms with Gasteiger partial charge in [-0.25, -0.2) is 0 Å². The van der Waals surface area contributed by atoms with Gasteiger partial charge in [0, 0.05) is 24.7 Å². The molecule has 1 aromatic heterocycles. The second-order valence-corrected chi connectivity index (χ2v) is 5.38. The van der Waals surface area contributed by atoms with E-state index in [0.717, 1.165) is 22.9 Å². The third-order valence-corrected chi connectivity index (χ3v) is 3.83. The molecule has 2 heterocycles. The second kappa shape index (κ2) is 9.03. The molecule has 1 saturated heterocycles. The third-order valence-electron chi connectivity index (χ3n) is 3.83. The number of nitrogens with one attached hydrogen (secondary N) is 2. The van der Waals surface area contributed by atoms with Crippen LogP contribution in [0.1, 0.15) is 12.0 Å². The topological polar surface area (TPSA) is 74.2 Å². The van der Waals surface area contributed by atoms with Crippen LogP contribution in [-0.2, 0) is 11.2 Å². The van der Waals surface area contributed by atoms with Crippen LogP contribution in [0.4, 0.5) is 0 Å². The molecule has 23 heavy (non-hydrogen) atoms. The van der Waals surface area contributed by atoms with Crippen molar-refractivity contribution in [3.05, 3.63) is 42.1 Å². The number of carbonyl (C=O) groups excluding carboxylic acids is 1. The number of rotatable bonds is 4. The molecular formula is C16H21Cl2N3O2. The molecule has 5 nitrogen and oxygen atoms in total. The fourth-order valence-electron chi connectivity index (χ4n) is 2.73. The van der Waals surface area contributed by atoms with Crippen LogP contribution < -0.4 is 10.6 Å². The summed E-state index contributed by atoms with van der Waals surface area (Å²) in [6.45, 7) is 1.06. The lowest BCUT2D eigenvalue weighted by molar-refractivity contribution is -0.122. The maximum atomic E-state index is 11.9. The second-order valence-electron chi connectivity index (χ2n) is 5.38. The Hall–Kier alpha value is -1.40. The van der Waals surface area contributed by atoms with Crippen LogP contribution in [0.15, 0.2) is 36.5 Å². The molecule has 1 aromatic carbocycles. The van der Waals surface area contributed by atoms with E-state index in [9.17, 15) is 9.90 Å². The van der Waals surface area contributed by atoms with E-state index in [4.69, 9.17) is 0 Å². The molecule has 1 aliphatic rings. The molecule has 3 N–H and O–H groups in total. The maximum Gasteiger partial charge on any atom is 0.237 e. The van der Waals surface area contributed by atoms with Crippen LogP contribution in [0.25, 0.3) is 10.9 Å². The standard InChI is InChI=1S/C16H19N3O2.2ClH/c20-13-9-14(19-10-13)16(21)18-8-6-12-4-1-3-11-5-2-7-17-15(11)12;;/h1-5,7,13-14,19-20H,6,8-10H2,(H,18,21);2*1H. The first-order valence-corrected chi connectivity index (χ1v) is 7.26. The van der Waals surface area contributed by atoms with Gasteiger partial charge in [0.25, 0.3) is 0 Å². The Balaban J connectivity index is 0.00000132. The number of aliphatic hydroxyl groups excluding tert-OH is 1. The number of hydrogen-bond acceptors (Lipinski definition) is 4. The Kier molecular flexibility index (Phi) is 7.72. The Morgan fingerprint density at radius 3 is 2.83 bits per heavy atom. The van der Waals surface area contributed by atoms with Crippen LogP contribution in [0.3, 0.4) is 0 Å². The molecule has 7 heteroatoms. The van der Waals surface area contributed by atoms with Crippen molar-refractivity contribution in [3.63, 3.8) is 0 Å². The molecule has 126 valence electrons. The average molecular weight is 358 g/mol. The summed E-state index contributed by atoms with van der Waals surface area (Å²) >= 11 is 0. The van der Waals surface area contributed by atoms with E-state index >= 15 is 0 Å². The van der Waals surface area contributed by atoms with Gasteiger partial charge in [0.2, 0.25) is 5.91 Å². The zero-order valence-corrected chi connectivity index (χ0v) is 14.2. The maximum absolute atomic E-state index is 11.9. The van der Waals surface area contributed by atoms with Gasteiger partial charge in [0.05, 0.1) is 17.7 Å². The van der Waals surface area contributed by atoms with Crippen molar-refractivity contribution in [2.75, 3.05) is 13.1 Å². The molecule has 3 rings (SSSR count). The lowest BCUT2D eigenvalue weighted by Crippen LogP contribution is -2.41. The fourth-order valence-corrected chi connectivity index (χ4v) is 2.73. The van der Waals surface area contributed by atoms with Gasteiger partial charge in [-0.3, -0.25) is 9.78 Å². The SMILES string of the molecule is Cl.Cl.O=C(NCCc1cccc2cccnc12)C1CC(O)CN1. The normalized spacial score (nSPS) is 19.7. The molecule has 0 radical (unpaired) electrons. The lowest BCUT2D eigenvalue weighted by Gasteiger charge is -2.11. The number of aliphatic hydroxyl groups is 1. The van der Waals surface area contributed by atoms with Crippen molar-refractivity contribution in [1.82, 2.24) is 15.6 Å². The highest BCUT2D eigenvalue weighted by molar-refractivity contribution is 5.85. The van der Waals surface area contributed by atoms with Crippen LogP contribution >= 0.6 is 24.8 Å². The number of fused-ring (bicyclic) bond motifs is 1. The minimum atomic E-state index is -0.414. The summed E-state index contributed by atoms with van der Waals surface area (Å²) in [6.07, 6.45) is 2.61. The molecule has 0 saturated carbocycles. The Morgan fingerprint density at radius 2 is 2.09 bits per heavy atom. The molecule has 0 spiro atoms. The van der Waals surface area contributed by atoms with Gasteiger partial charge in [-0.2, -0.15) is 0 Å². The van der Waals surface area contributed by atoms with E-state index in [1.165, 1.54) is 0 Å². The highest BCUT2D eigenvalue weighted by Crippen LogP contribution is 2.16. The molecule has 1 amide bonds. The zero-order chi connectivity index (χ0) is 14.7. The largest absolute Gasteiger partial charge is 0.392 e. The van der Waals surface area contributed by atoms with Crippen LogP contribution in [-0.4, -0.2) is 41.2 Å². The first kappa shape index (κ1) is 19.6. The summed E-state index contributed by atoms with van der Waals surface area (Å²) in [5.74, 6) is -0.0419. The number of halogens is 2. The Bertz CT molecular complexity index is 649. The number of benzene rings is 1. The highest BCUT2D eigenvalue weighted by Gasteiger charge is 2.27. The summed E-state index contributed by atoms with van der Waals surface area (Å²) < 4.78 is 0. The quantitative estimate of drug-likeness (QED) is 0.774. The first-order chi connectivity index (χ1) is 10.2. The van der Waals surface area contributed by atoms with E-state index in [0.29, 0.717) is 19.5 Å². The molecule has 2 unspecified atom stereocenters. The van der Waals surface area contributed by atoms with Crippen molar-refractivity contribution in [3.8, 4) is 0 Å². The van der Waals surface area contributed by atoms with E-state index in [1.54, 1.807) is 6.20 Å². The fraction of sp³-hybridized carbons (Fsp3) is 0.375. The average Bonchev–Trinajstić information content (AvgIpc) is 2.94. The van der Waals surface area contributed by atoms with Crippen molar-refractivity contribution in [1.29, 1.82) is 0 Å². The smallest absolute Gasteiger partial charge is 0.237 e. The lowest BCUT2D eigenvalue weighted by atomic mass is 10.1. The van der Waals surface area contributed by atoms with Crippen molar-refractivity contribution >= 4 is 41.6 Å². The monoisotopic (exact) mass is 357 g/mol. The van der Waals surface area contributed by atoms with Crippen LogP contribution in [0.2, 0.25) is 0 Å². The summed E-state index contributed by atoms with van der Waals surface area (Å²) in [7, 11) is 0. The van der Waals surface area contributed by atoms with Crippen LogP contribution in [0.5, 0.6) is 0 Å². The predicted molar refractivity (Wildman–Crippen MR) is 95.4 cm³/mol. The van der Waals surface area contributed by atoms with Gasteiger partial charge < -0.3 is 15.7 Å². The summed E-state index contributed by atoms with van der Waals surface area (Å²) in [6, 6.07) is 9.77. The number of aromatic nitrogens is 1. The number of hydrogen-bond donors (Lipinski definition) is 3. The van der Waals surface area contributed by atoms with Gasteiger partial charge in [-0.05, 0) is 24.5 Å². The number of amides is 1. The van der Waals surface area contributed by atoms with Gasteiger partial charge in [0.15, 0.2) is 0 Å². The number of nitrogens with zero attached hydrogens (tertiary/aromatic N) is 1. The zero-order valence-electron chi connectivity index (χ0n) is 12.6. The Labute approximate surface area is 147 Å². The molecule has 2 atom stereocenters. The van der Waals surface area contributed by atoms with E-state index in [2.05, 4.69) is 15.6 Å². The molecule has 1 fully saturated rings. The molecule has 0 aliphatic carbocycles. The minimum absolute atomic E-state index is 0. The van der Waals surface area contributed by atoms with Crippen molar-refractivity contribution in [2.24, 2.45) is 0 Å². The third kappa shape index (κ3) is 4.78.